The Kier molecular flexibility index (Phi) is 4.84. The van der Waals surface area contributed by atoms with Crippen LogP contribution >= 0.6 is 0 Å². The summed E-state index contributed by atoms with van der Waals surface area (Å²) in [4.78, 5) is 44.2. The molecule has 8 heteroatoms. The van der Waals surface area contributed by atoms with E-state index in [1.165, 1.54) is 7.11 Å². The van der Waals surface area contributed by atoms with Gasteiger partial charge in [0, 0.05) is 31.5 Å². The van der Waals surface area contributed by atoms with Gasteiger partial charge in [0.25, 0.3) is 0 Å². The van der Waals surface area contributed by atoms with Gasteiger partial charge >= 0.3 is 12.1 Å². The lowest BCUT2D eigenvalue weighted by Gasteiger charge is -2.26. The van der Waals surface area contributed by atoms with Crippen LogP contribution in [0.15, 0.2) is 18.2 Å². The highest BCUT2D eigenvalue weighted by molar-refractivity contribution is 5.96. The molecule has 0 saturated carbocycles. The van der Waals surface area contributed by atoms with Crippen LogP contribution in [0.1, 0.15) is 44.1 Å². The number of carbonyl (C=O) groups is 3. The SMILES string of the molecule is COC(=O)c1cccc(N2CC3(CCN(C(=O)OC(C)(C)C)C3)CC2=O)n1. The Morgan fingerprint density at radius 3 is 2.63 bits per heavy atom. The molecule has 0 N–H and O–H groups in total. The summed E-state index contributed by atoms with van der Waals surface area (Å²) in [6.45, 7) is 6.99. The zero-order chi connectivity index (χ0) is 19.8. The van der Waals surface area contributed by atoms with Gasteiger partial charge in [-0.05, 0) is 39.3 Å². The van der Waals surface area contributed by atoms with Crippen LogP contribution in [-0.2, 0) is 14.3 Å². The lowest BCUT2D eigenvalue weighted by Crippen LogP contribution is -2.37. The number of hydrogen-bond acceptors (Lipinski definition) is 6. The molecule has 0 bridgehead atoms. The topological polar surface area (TPSA) is 89.0 Å². The first-order valence-corrected chi connectivity index (χ1v) is 8.96. The first-order valence-electron chi connectivity index (χ1n) is 8.96. The highest BCUT2D eigenvalue weighted by atomic mass is 16.6. The lowest BCUT2D eigenvalue weighted by atomic mass is 9.86. The molecule has 2 aliphatic rings. The van der Waals surface area contributed by atoms with Gasteiger partial charge in [-0.3, -0.25) is 9.69 Å². The van der Waals surface area contributed by atoms with Gasteiger partial charge in [-0.25, -0.2) is 14.6 Å². The normalized spacial score (nSPS) is 22.4. The monoisotopic (exact) mass is 375 g/mol. The summed E-state index contributed by atoms with van der Waals surface area (Å²) in [6.07, 6.45) is 0.720. The van der Waals surface area contributed by atoms with Crippen molar-refractivity contribution in [3.05, 3.63) is 23.9 Å². The van der Waals surface area contributed by atoms with Crippen molar-refractivity contribution < 1.29 is 23.9 Å². The number of esters is 1. The van der Waals surface area contributed by atoms with Crippen molar-refractivity contribution in [2.24, 2.45) is 5.41 Å². The van der Waals surface area contributed by atoms with E-state index >= 15 is 0 Å². The third kappa shape index (κ3) is 4.04. The van der Waals surface area contributed by atoms with Crippen molar-refractivity contribution in [2.45, 2.75) is 39.2 Å². The van der Waals surface area contributed by atoms with Crippen LogP contribution in [0.5, 0.6) is 0 Å². The molecular formula is C19H25N3O5. The zero-order valence-corrected chi connectivity index (χ0v) is 16.2. The van der Waals surface area contributed by atoms with Crippen molar-refractivity contribution in [3.63, 3.8) is 0 Å². The van der Waals surface area contributed by atoms with E-state index in [2.05, 4.69) is 4.98 Å². The van der Waals surface area contributed by atoms with E-state index in [0.717, 1.165) is 6.42 Å². The first kappa shape index (κ1) is 19.1. The van der Waals surface area contributed by atoms with Crippen LogP contribution in [-0.4, -0.2) is 60.2 Å². The molecule has 1 aromatic rings. The van der Waals surface area contributed by atoms with Gasteiger partial charge in [0.2, 0.25) is 5.91 Å². The fourth-order valence-corrected chi connectivity index (χ4v) is 3.59. The minimum atomic E-state index is -0.553. The van der Waals surface area contributed by atoms with Gasteiger partial charge in [0.1, 0.15) is 11.4 Å². The number of carbonyl (C=O) groups excluding carboxylic acids is 3. The van der Waals surface area contributed by atoms with Crippen LogP contribution in [0.3, 0.4) is 0 Å². The Morgan fingerprint density at radius 2 is 1.96 bits per heavy atom. The first-order chi connectivity index (χ1) is 12.6. The molecule has 0 aromatic carbocycles. The summed E-state index contributed by atoms with van der Waals surface area (Å²) >= 11 is 0. The van der Waals surface area contributed by atoms with Crippen molar-refractivity contribution >= 4 is 23.8 Å². The summed E-state index contributed by atoms with van der Waals surface area (Å²) in [6, 6.07) is 4.92. The van der Waals surface area contributed by atoms with E-state index in [-0.39, 0.29) is 23.1 Å². The summed E-state index contributed by atoms with van der Waals surface area (Å²) in [5.41, 5.74) is -0.704. The molecule has 1 unspecified atom stereocenters. The van der Waals surface area contributed by atoms with E-state index in [1.807, 2.05) is 20.8 Å². The number of ether oxygens (including phenoxy) is 2. The van der Waals surface area contributed by atoms with Gasteiger partial charge in [0.15, 0.2) is 5.69 Å². The second-order valence-electron chi connectivity index (χ2n) is 8.18. The third-order valence-electron chi connectivity index (χ3n) is 4.82. The zero-order valence-electron chi connectivity index (χ0n) is 16.2. The van der Waals surface area contributed by atoms with Crippen molar-refractivity contribution in [3.8, 4) is 0 Å². The minimum Gasteiger partial charge on any atom is -0.464 e. The van der Waals surface area contributed by atoms with E-state index in [0.29, 0.717) is 31.9 Å². The Bertz CT molecular complexity index is 773. The second-order valence-corrected chi connectivity index (χ2v) is 8.18. The molecule has 1 atom stereocenters. The molecule has 2 fully saturated rings. The molecule has 3 rings (SSSR count). The Morgan fingerprint density at radius 1 is 1.22 bits per heavy atom. The maximum atomic E-state index is 12.6. The molecule has 0 aliphatic carbocycles. The summed E-state index contributed by atoms with van der Waals surface area (Å²) in [5.74, 6) is -0.179. The number of nitrogens with zero attached hydrogens (tertiary/aromatic N) is 3. The number of amides is 2. The average molecular weight is 375 g/mol. The van der Waals surface area contributed by atoms with Crippen molar-refractivity contribution in [1.82, 2.24) is 9.88 Å². The van der Waals surface area contributed by atoms with Gasteiger partial charge in [-0.1, -0.05) is 6.07 Å². The van der Waals surface area contributed by atoms with Gasteiger partial charge < -0.3 is 14.4 Å². The van der Waals surface area contributed by atoms with E-state index in [4.69, 9.17) is 9.47 Å². The van der Waals surface area contributed by atoms with Crippen LogP contribution in [0.25, 0.3) is 0 Å². The molecule has 0 radical (unpaired) electrons. The Labute approximate surface area is 158 Å². The second kappa shape index (κ2) is 6.83. The molecule has 27 heavy (non-hydrogen) atoms. The third-order valence-corrected chi connectivity index (χ3v) is 4.82. The Balaban J connectivity index is 1.73. The molecular weight excluding hydrogens is 350 g/mol. The fraction of sp³-hybridized carbons (Fsp3) is 0.579. The number of anilines is 1. The minimum absolute atomic E-state index is 0.0597. The van der Waals surface area contributed by atoms with E-state index in [1.54, 1.807) is 28.0 Å². The van der Waals surface area contributed by atoms with Gasteiger partial charge in [-0.2, -0.15) is 0 Å². The fourth-order valence-electron chi connectivity index (χ4n) is 3.59. The van der Waals surface area contributed by atoms with E-state index in [9.17, 15) is 14.4 Å². The van der Waals surface area contributed by atoms with Crippen molar-refractivity contribution in [2.75, 3.05) is 31.6 Å². The Hall–Kier alpha value is -2.64. The summed E-state index contributed by atoms with van der Waals surface area (Å²) < 4.78 is 10.1. The van der Waals surface area contributed by atoms with Crippen LogP contribution in [0.2, 0.25) is 0 Å². The maximum Gasteiger partial charge on any atom is 0.410 e. The van der Waals surface area contributed by atoms with Crippen LogP contribution in [0.4, 0.5) is 10.6 Å². The molecule has 2 aliphatic heterocycles. The van der Waals surface area contributed by atoms with Gasteiger partial charge in [-0.15, -0.1) is 0 Å². The predicted molar refractivity (Wildman–Crippen MR) is 97.4 cm³/mol. The molecule has 1 aromatic heterocycles. The van der Waals surface area contributed by atoms with E-state index < -0.39 is 11.6 Å². The van der Waals surface area contributed by atoms with Crippen LogP contribution in [0, 0.1) is 5.41 Å². The number of methoxy groups -OCH3 is 1. The largest absolute Gasteiger partial charge is 0.464 e. The molecule has 1 spiro atoms. The summed E-state index contributed by atoms with van der Waals surface area (Å²) in [7, 11) is 1.29. The summed E-state index contributed by atoms with van der Waals surface area (Å²) in [5, 5.41) is 0. The predicted octanol–water partition coefficient (Wildman–Crippen LogP) is 2.23. The smallest absolute Gasteiger partial charge is 0.410 e. The molecule has 146 valence electrons. The lowest BCUT2D eigenvalue weighted by molar-refractivity contribution is -0.117. The molecule has 8 nitrogen and oxygen atoms in total. The number of aromatic nitrogens is 1. The van der Waals surface area contributed by atoms with Crippen molar-refractivity contribution in [1.29, 1.82) is 0 Å². The molecule has 2 amide bonds. The molecule has 3 heterocycles. The van der Waals surface area contributed by atoms with Gasteiger partial charge in [0.05, 0.1) is 7.11 Å². The number of rotatable bonds is 2. The molecule has 2 saturated heterocycles. The number of pyridine rings is 1. The quantitative estimate of drug-likeness (QED) is 0.737. The highest BCUT2D eigenvalue weighted by Gasteiger charge is 2.49. The average Bonchev–Trinajstić information content (AvgIpc) is 3.16. The maximum absolute atomic E-state index is 12.6. The van der Waals surface area contributed by atoms with Crippen LogP contribution < -0.4 is 4.90 Å². The standard InChI is InChI=1S/C19H25N3O5/c1-18(2,3)27-17(25)21-9-8-19(11-21)10-15(23)22(12-19)14-7-5-6-13(20-14)16(24)26-4/h5-7H,8-12H2,1-4H3. The highest BCUT2D eigenvalue weighted by Crippen LogP contribution is 2.41. The number of likely N-dealkylation sites (tertiary alicyclic amines) is 1. The number of hydrogen-bond donors (Lipinski definition) is 0.